The first-order valence-corrected chi connectivity index (χ1v) is 10.1. The molecule has 0 bridgehead atoms. The highest BCUT2D eigenvalue weighted by Crippen LogP contribution is 2.38. The fraction of sp³-hybridized carbons (Fsp3) is 0.619. The summed E-state index contributed by atoms with van der Waals surface area (Å²) in [5.41, 5.74) is 1.38. The van der Waals surface area contributed by atoms with E-state index in [1.807, 2.05) is 26.0 Å². The van der Waals surface area contributed by atoms with Gasteiger partial charge >= 0.3 is 0 Å². The summed E-state index contributed by atoms with van der Waals surface area (Å²) in [6.07, 6.45) is 5.29. The second-order valence-electron chi connectivity index (χ2n) is 9.18. The van der Waals surface area contributed by atoms with Crippen molar-refractivity contribution < 1.29 is 9.21 Å². The van der Waals surface area contributed by atoms with Crippen LogP contribution in [0.3, 0.4) is 0 Å². The van der Waals surface area contributed by atoms with Crippen LogP contribution in [0.25, 0.3) is 11.5 Å². The third-order valence-electron chi connectivity index (χ3n) is 6.25. The fourth-order valence-electron chi connectivity index (χ4n) is 4.07. The van der Waals surface area contributed by atoms with Crippen molar-refractivity contribution in [3.63, 3.8) is 0 Å². The zero-order chi connectivity index (χ0) is 19.9. The molecule has 7 nitrogen and oxygen atoms in total. The van der Waals surface area contributed by atoms with Crippen LogP contribution in [-0.2, 0) is 10.2 Å². The average molecular weight is 383 g/mol. The van der Waals surface area contributed by atoms with Gasteiger partial charge in [-0.1, -0.05) is 13.8 Å². The molecule has 150 valence electrons. The predicted molar refractivity (Wildman–Crippen MR) is 107 cm³/mol. The smallest absolute Gasteiger partial charge is 0.251 e. The lowest BCUT2D eigenvalue weighted by molar-refractivity contribution is -0.124. The van der Waals surface area contributed by atoms with Gasteiger partial charge in [0.05, 0.1) is 5.56 Å². The molecule has 0 aromatic carbocycles. The number of aryl methyl sites for hydroxylation is 1. The molecule has 7 heteroatoms. The van der Waals surface area contributed by atoms with Crippen LogP contribution in [0.15, 0.2) is 16.5 Å². The quantitative estimate of drug-likeness (QED) is 0.838. The largest absolute Gasteiger partial charge is 0.419 e. The minimum atomic E-state index is -0.758. The maximum absolute atomic E-state index is 12.2. The van der Waals surface area contributed by atoms with Crippen LogP contribution in [0, 0.1) is 12.3 Å². The molecule has 1 aliphatic carbocycles. The molecule has 2 aliphatic rings. The Labute approximate surface area is 165 Å². The number of hydrogen-bond acceptors (Lipinski definition) is 6. The van der Waals surface area contributed by atoms with E-state index in [1.54, 1.807) is 0 Å². The number of aromatic nitrogens is 3. The van der Waals surface area contributed by atoms with Crippen molar-refractivity contribution >= 4 is 11.7 Å². The van der Waals surface area contributed by atoms with Crippen LogP contribution in [0.4, 0.5) is 5.82 Å². The Hall–Kier alpha value is -2.44. The van der Waals surface area contributed by atoms with E-state index in [0.29, 0.717) is 36.2 Å². The van der Waals surface area contributed by atoms with Crippen molar-refractivity contribution in [1.29, 1.82) is 0 Å². The summed E-state index contributed by atoms with van der Waals surface area (Å²) >= 11 is 0. The number of pyridine rings is 1. The lowest BCUT2D eigenvalue weighted by Gasteiger charge is -2.35. The van der Waals surface area contributed by atoms with Gasteiger partial charge in [-0.3, -0.25) is 4.79 Å². The second kappa shape index (κ2) is 6.87. The van der Waals surface area contributed by atoms with Crippen molar-refractivity contribution in [3.05, 3.63) is 23.7 Å². The van der Waals surface area contributed by atoms with Gasteiger partial charge in [-0.2, -0.15) is 0 Å². The van der Waals surface area contributed by atoms with Crippen LogP contribution >= 0.6 is 0 Å². The van der Waals surface area contributed by atoms with Gasteiger partial charge in [0.1, 0.15) is 11.2 Å². The third kappa shape index (κ3) is 3.50. The van der Waals surface area contributed by atoms with E-state index in [9.17, 15) is 4.79 Å². The molecular formula is C21H29N5O2. The molecule has 3 heterocycles. The molecule has 1 aliphatic heterocycles. The Balaban J connectivity index is 1.60. The van der Waals surface area contributed by atoms with Crippen LogP contribution < -0.4 is 10.6 Å². The third-order valence-corrected chi connectivity index (χ3v) is 6.25. The van der Waals surface area contributed by atoms with Crippen molar-refractivity contribution in [2.75, 3.05) is 11.9 Å². The van der Waals surface area contributed by atoms with Crippen molar-refractivity contribution in [2.45, 2.75) is 71.3 Å². The number of hydrogen-bond donors (Lipinski definition) is 2. The van der Waals surface area contributed by atoms with E-state index in [0.717, 1.165) is 29.9 Å². The van der Waals surface area contributed by atoms with E-state index in [-0.39, 0.29) is 5.91 Å². The first-order valence-electron chi connectivity index (χ1n) is 10.1. The highest BCUT2D eigenvalue weighted by atomic mass is 16.4. The lowest BCUT2D eigenvalue weighted by atomic mass is 9.75. The molecule has 0 radical (unpaired) electrons. The van der Waals surface area contributed by atoms with Crippen molar-refractivity contribution in [2.24, 2.45) is 5.41 Å². The standard InChI is InChI=1S/C21H29N5O2/c1-13-5-6-15(16(23-13)24-14-7-9-20(2,3)10-8-14)17-25-26-19(28-17)21(4)11-12-22-18(21)27/h5-6,14H,7-12H2,1-4H3,(H,22,27)(H,23,24). The molecule has 1 atom stereocenters. The zero-order valence-corrected chi connectivity index (χ0v) is 17.1. The van der Waals surface area contributed by atoms with Crippen LogP contribution in [0.1, 0.15) is 64.5 Å². The Morgan fingerprint density at radius 2 is 1.89 bits per heavy atom. The summed E-state index contributed by atoms with van der Waals surface area (Å²) in [6, 6.07) is 4.30. The topological polar surface area (TPSA) is 92.9 Å². The summed E-state index contributed by atoms with van der Waals surface area (Å²) in [4.78, 5) is 16.9. The first-order chi connectivity index (χ1) is 13.3. The molecule has 2 aromatic rings. The van der Waals surface area contributed by atoms with E-state index in [2.05, 4.69) is 34.7 Å². The maximum atomic E-state index is 12.2. The molecule has 1 unspecified atom stereocenters. The molecule has 2 N–H and O–H groups in total. The van der Waals surface area contributed by atoms with Crippen LogP contribution in [0.5, 0.6) is 0 Å². The van der Waals surface area contributed by atoms with Gasteiger partial charge in [-0.15, -0.1) is 10.2 Å². The van der Waals surface area contributed by atoms with Crippen LogP contribution in [0.2, 0.25) is 0 Å². The van der Waals surface area contributed by atoms with E-state index >= 15 is 0 Å². The Morgan fingerprint density at radius 3 is 2.57 bits per heavy atom. The number of carbonyl (C=O) groups excluding carboxylic acids is 1. The second-order valence-corrected chi connectivity index (χ2v) is 9.18. The summed E-state index contributed by atoms with van der Waals surface area (Å²) in [7, 11) is 0. The molecular weight excluding hydrogens is 354 g/mol. The molecule has 28 heavy (non-hydrogen) atoms. The minimum Gasteiger partial charge on any atom is -0.419 e. The molecule has 0 spiro atoms. The van der Waals surface area contributed by atoms with Gasteiger partial charge < -0.3 is 15.1 Å². The molecule has 1 saturated heterocycles. The SMILES string of the molecule is Cc1ccc(-c2nnc(C3(C)CCNC3=O)o2)c(NC2CCC(C)(C)CC2)n1. The number of nitrogens with one attached hydrogen (secondary N) is 2. The minimum absolute atomic E-state index is 0.0621. The maximum Gasteiger partial charge on any atom is 0.251 e. The normalized spacial score (nSPS) is 24.9. The van der Waals surface area contributed by atoms with E-state index < -0.39 is 5.41 Å². The van der Waals surface area contributed by atoms with Gasteiger partial charge in [0.25, 0.3) is 5.89 Å². The number of anilines is 1. The van der Waals surface area contributed by atoms with E-state index in [1.165, 1.54) is 12.8 Å². The summed E-state index contributed by atoms with van der Waals surface area (Å²) in [5.74, 6) is 1.49. The van der Waals surface area contributed by atoms with Gasteiger partial charge in [0.2, 0.25) is 11.8 Å². The van der Waals surface area contributed by atoms with Crippen LogP contribution in [-0.4, -0.2) is 33.7 Å². The zero-order valence-electron chi connectivity index (χ0n) is 17.1. The number of rotatable bonds is 4. The van der Waals surface area contributed by atoms with Gasteiger partial charge in [0, 0.05) is 18.3 Å². The first kappa shape index (κ1) is 18.9. The number of amides is 1. The fourth-order valence-corrected chi connectivity index (χ4v) is 4.07. The van der Waals surface area contributed by atoms with Crippen molar-refractivity contribution in [3.8, 4) is 11.5 Å². The summed E-state index contributed by atoms with van der Waals surface area (Å²) in [6.45, 7) is 9.12. The van der Waals surface area contributed by atoms with Gasteiger partial charge in [0.15, 0.2) is 0 Å². The average Bonchev–Trinajstić information content (AvgIpc) is 3.26. The molecule has 1 saturated carbocycles. The number of carbonyl (C=O) groups is 1. The summed E-state index contributed by atoms with van der Waals surface area (Å²) in [5, 5.41) is 14.9. The van der Waals surface area contributed by atoms with Gasteiger partial charge in [-0.05, 0) is 63.5 Å². The predicted octanol–water partition coefficient (Wildman–Crippen LogP) is 3.60. The Bertz CT molecular complexity index is 881. The Morgan fingerprint density at radius 1 is 1.14 bits per heavy atom. The molecule has 2 aromatic heterocycles. The van der Waals surface area contributed by atoms with Crippen molar-refractivity contribution in [1.82, 2.24) is 20.5 Å². The lowest BCUT2D eigenvalue weighted by Crippen LogP contribution is -2.32. The number of nitrogens with zero attached hydrogens (tertiary/aromatic N) is 3. The molecule has 1 amide bonds. The Kier molecular flexibility index (Phi) is 4.63. The highest BCUT2D eigenvalue weighted by molar-refractivity contribution is 5.88. The summed E-state index contributed by atoms with van der Waals surface area (Å²) < 4.78 is 5.97. The molecule has 2 fully saturated rings. The highest BCUT2D eigenvalue weighted by Gasteiger charge is 2.44. The van der Waals surface area contributed by atoms with E-state index in [4.69, 9.17) is 9.40 Å². The molecule has 4 rings (SSSR count). The van der Waals surface area contributed by atoms with Gasteiger partial charge in [-0.25, -0.2) is 4.98 Å². The monoisotopic (exact) mass is 383 g/mol.